The minimum atomic E-state index is -1.04. The Balaban J connectivity index is 2.90. The number of para-hydroxylation sites is 1. The van der Waals surface area contributed by atoms with Gasteiger partial charge in [0.25, 0.3) is 0 Å². The van der Waals surface area contributed by atoms with E-state index in [4.69, 9.17) is 19.3 Å². The summed E-state index contributed by atoms with van der Waals surface area (Å²) in [6, 6.07) is 5.01. The second-order valence-corrected chi connectivity index (χ2v) is 2.67. The third-order valence-corrected chi connectivity index (χ3v) is 1.72. The number of benzene rings is 1. The van der Waals surface area contributed by atoms with Gasteiger partial charge < -0.3 is 19.3 Å². The molecule has 0 fully saturated rings. The van der Waals surface area contributed by atoms with E-state index in [0.717, 1.165) is 0 Å². The van der Waals surface area contributed by atoms with E-state index in [1.807, 2.05) is 0 Å². The number of hydrogen-bond acceptors (Lipinski definition) is 4. The van der Waals surface area contributed by atoms with E-state index in [0.29, 0.717) is 17.2 Å². The molecule has 0 unspecified atom stereocenters. The van der Waals surface area contributed by atoms with Crippen LogP contribution in [0.1, 0.15) is 0 Å². The van der Waals surface area contributed by atoms with Gasteiger partial charge in [-0.15, -0.1) is 0 Å². The molecule has 0 amide bonds. The monoisotopic (exact) mass is 212 g/mol. The third kappa shape index (κ3) is 2.77. The molecule has 0 bridgehead atoms. The maximum Gasteiger partial charge on any atom is 0.341 e. The summed E-state index contributed by atoms with van der Waals surface area (Å²) >= 11 is 0. The molecule has 0 heterocycles. The summed E-state index contributed by atoms with van der Waals surface area (Å²) in [7, 11) is 2.96. The summed E-state index contributed by atoms with van der Waals surface area (Å²) in [6.45, 7) is -0.413. The van der Waals surface area contributed by atoms with Crippen LogP contribution in [-0.4, -0.2) is 31.9 Å². The number of carboxylic acid groups (broad SMARTS) is 1. The maximum absolute atomic E-state index is 10.3. The molecule has 0 saturated carbocycles. The minimum Gasteiger partial charge on any atom is -0.493 e. The van der Waals surface area contributed by atoms with Gasteiger partial charge in [-0.3, -0.25) is 0 Å². The number of rotatable bonds is 5. The highest BCUT2D eigenvalue weighted by Gasteiger charge is 2.11. The maximum atomic E-state index is 10.3. The lowest BCUT2D eigenvalue weighted by Crippen LogP contribution is -2.10. The lowest BCUT2D eigenvalue weighted by atomic mass is 10.3. The van der Waals surface area contributed by atoms with Gasteiger partial charge in [-0.1, -0.05) is 6.07 Å². The molecule has 1 aromatic carbocycles. The topological polar surface area (TPSA) is 65.0 Å². The molecular weight excluding hydrogens is 200 g/mol. The first kappa shape index (κ1) is 11.2. The molecule has 0 radical (unpaired) electrons. The van der Waals surface area contributed by atoms with Gasteiger partial charge in [-0.2, -0.15) is 0 Å². The molecule has 0 spiro atoms. The third-order valence-electron chi connectivity index (χ3n) is 1.72. The second kappa shape index (κ2) is 5.09. The fourth-order valence-electron chi connectivity index (χ4n) is 1.11. The lowest BCUT2D eigenvalue weighted by molar-refractivity contribution is -0.139. The van der Waals surface area contributed by atoms with Gasteiger partial charge in [-0.25, -0.2) is 4.79 Å². The average Bonchev–Trinajstić information content (AvgIpc) is 2.25. The zero-order chi connectivity index (χ0) is 11.3. The highest BCUT2D eigenvalue weighted by Crippen LogP contribution is 2.36. The first-order valence-electron chi connectivity index (χ1n) is 4.24. The minimum absolute atomic E-state index is 0.347. The van der Waals surface area contributed by atoms with Gasteiger partial charge in [0.2, 0.25) is 5.75 Å². The zero-order valence-electron chi connectivity index (χ0n) is 8.52. The Labute approximate surface area is 87.2 Å². The van der Waals surface area contributed by atoms with Crippen LogP contribution in [0.2, 0.25) is 0 Å². The predicted molar refractivity (Wildman–Crippen MR) is 52.7 cm³/mol. The molecule has 1 N–H and O–H groups in total. The van der Waals surface area contributed by atoms with Crippen LogP contribution in [-0.2, 0) is 4.79 Å². The van der Waals surface area contributed by atoms with Crippen LogP contribution in [0.5, 0.6) is 17.2 Å². The number of aliphatic carboxylic acids is 1. The summed E-state index contributed by atoms with van der Waals surface area (Å²) in [6.07, 6.45) is 0. The van der Waals surface area contributed by atoms with E-state index in [1.54, 1.807) is 18.2 Å². The molecule has 1 rings (SSSR count). The fraction of sp³-hybridized carbons (Fsp3) is 0.300. The van der Waals surface area contributed by atoms with Crippen molar-refractivity contribution in [2.45, 2.75) is 0 Å². The molecule has 1 aromatic rings. The van der Waals surface area contributed by atoms with Crippen LogP contribution in [0, 0.1) is 0 Å². The summed E-state index contributed by atoms with van der Waals surface area (Å²) in [5.41, 5.74) is 0. The van der Waals surface area contributed by atoms with Gasteiger partial charge in [0.15, 0.2) is 18.1 Å². The molecule has 0 aliphatic carbocycles. The fourth-order valence-corrected chi connectivity index (χ4v) is 1.11. The van der Waals surface area contributed by atoms with Crippen LogP contribution in [0.25, 0.3) is 0 Å². The second-order valence-electron chi connectivity index (χ2n) is 2.67. The van der Waals surface area contributed by atoms with E-state index in [2.05, 4.69) is 0 Å². The normalized spacial score (nSPS) is 9.47. The van der Waals surface area contributed by atoms with Crippen molar-refractivity contribution in [1.29, 1.82) is 0 Å². The number of hydrogen-bond donors (Lipinski definition) is 1. The van der Waals surface area contributed by atoms with Gasteiger partial charge in [0.05, 0.1) is 14.2 Å². The van der Waals surface area contributed by atoms with Gasteiger partial charge >= 0.3 is 5.97 Å². The smallest absolute Gasteiger partial charge is 0.341 e. The molecule has 82 valence electrons. The van der Waals surface area contributed by atoms with E-state index < -0.39 is 12.6 Å². The molecule has 5 heteroatoms. The molecule has 0 saturated heterocycles. The largest absolute Gasteiger partial charge is 0.493 e. The lowest BCUT2D eigenvalue weighted by Gasteiger charge is -2.11. The standard InChI is InChI=1S/C10H12O5/c1-13-7-4-3-5-8(10(7)14-2)15-6-9(11)12/h3-5H,6H2,1-2H3,(H,11,12). The summed E-state index contributed by atoms with van der Waals surface area (Å²) < 4.78 is 15.1. The Hall–Kier alpha value is -1.91. The molecule has 15 heavy (non-hydrogen) atoms. The highest BCUT2D eigenvalue weighted by molar-refractivity contribution is 5.68. The van der Waals surface area contributed by atoms with E-state index >= 15 is 0 Å². The van der Waals surface area contributed by atoms with Crippen LogP contribution in [0.15, 0.2) is 18.2 Å². The van der Waals surface area contributed by atoms with Crippen LogP contribution >= 0.6 is 0 Å². The van der Waals surface area contributed by atoms with E-state index in [-0.39, 0.29) is 0 Å². The zero-order valence-corrected chi connectivity index (χ0v) is 8.52. The van der Waals surface area contributed by atoms with Crippen molar-refractivity contribution in [3.63, 3.8) is 0 Å². The molecule has 0 aliphatic rings. The first-order chi connectivity index (χ1) is 7.19. The van der Waals surface area contributed by atoms with Crippen LogP contribution in [0.3, 0.4) is 0 Å². The van der Waals surface area contributed by atoms with Gasteiger partial charge in [0.1, 0.15) is 0 Å². The summed E-state index contributed by atoms with van der Waals surface area (Å²) in [4.78, 5) is 10.3. The highest BCUT2D eigenvalue weighted by atomic mass is 16.5. The molecule has 0 aromatic heterocycles. The molecule has 0 aliphatic heterocycles. The SMILES string of the molecule is COc1cccc(OCC(=O)O)c1OC. The molecule has 5 nitrogen and oxygen atoms in total. The van der Waals surface area contributed by atoms with Crippen molar-refractivity contribution >= 4 is 5.97 Å². The van der Waals surface area contributed by atoms with Gasteiger partial charge in [-0.05, 0) is 12.1 Å². The van der Waals surface area contributed by atoms with E-state index in [9.17, 15) is 4.79 Å². The van der Waals surface area contributed by atoms with Crippen molar-refractivity contribution in [2.24, 2.45) is 0 Å². The number of carboxylic acids is 1. The van der Waals surface area contributed by atoms with Crippen molar-refractivity contribution < 1.29 is 24.1 Å². The van der Waals surface area contributed by atoms with Crippen molar-refractivity contribution in [2.75, 3.05) is 20.8 Å². The van der Waals surface area contributed by atoms with Crippen molar-refractivity contribution in [3.05, 3.63) is 18.2 Å². The first-order valence-corrected chi connectivity index (χ1v) is 4.24. The number of methoxy groups -OCH3 is 2. The summed E-state index contributed by atoms with van der Waals surface area (Å²) in [5.74, 6) is 0.195. The average molecular weight is 212 g/mol. The number of ether oxygens (including phenoxy) is 3. The Morgan fingerprint density at radius 2 is 1.93 bits per heavy atom. The molecule has 0 atom stereocenters. The predicted octanol–water partition coefficient (Wildman–Crippen LogP) is 1.17. The molecular formula is C10H12O5. The van der Waals surface area contributed by atoms with Gasteiger partial charge in [0, 0.05) is 0 Å². The summed E-state index contributed by atoms with van der Waals surface area (Å²) in [5, 5.41) is 8.47. The van der Waals surface area contributed by atoms with Crippen molar-refractivity contribution in [1.82, 2.24) is 0 Å². The van der Waals surface area contributed by atoms with E-state index in [1.165, 1.54) is 14.2 Å². The van der Waals surface area contributed by atoms with Crippen LogP contribution in [0.4, 0.5) is 0 Å². The Morgan fingerprint density at radius 1 is 1.27 bits per heavy atom. The number of carbonyl (C=O) groups is 1. The van der Waals surface area contributed by atoms with Crippen LogP contribution < -0.4 is 14.2 Å². The quantitative estimate of drug-likeness (QED) is 0.793. The Kier molecular flexibility index (Phi) is 3.79. The Bertz CT molecular complexity index is 348. The van der Waals surface area contributed by atoms with Crippen molar-refractivity contribution in [3.8, 4) is 17.2 Å². The Morgan fingerprint density at radius 3 is 2.47 bits per heavy atom.